The second-order valence-corrected chi connectivity index (χ2v) is 6.33. The minimum atomic E-state index is -0.926. The van der Waals surface area contributed by atoms with E-state index in [4.69, 9.17) is 5.11 Å². The summed E-state index contributed by atoms with van der Waals surface area (Å²) in [5.74, 6) is -0.926. The lowest BCUT2D eigenvalue weighted by molar-refractivity contribution is 0.0695. The van der Waals surface area contributed by atoms with Gasteiger partial charge in [-0.1, -0.05) is 20.8 Å². The molecule has 2 rings (SSSR count). The Morgan fingerprint density at radius 1 is 1.42 bits per heavy atom. The summed E-state index contributed by atoms with van der Waals surface area (Å²) in [6, 6.07) is 1.52. The number of hydrogen-bond donors (Lipinski definition) is 1. The molecule has 1 N–H and O–H groups in total. The molecule has 0 bridgehead atoms. The van der Waals surface area contributed by atoms with E-state index in [-0.39, 0.29) is 5.41 Å². The van der Waals surface area contributed by atoms with E-state index < -0.39 is 5.97 Å². The number of carboxylic acids is 1. The first-order chi connectivity index (χ1) is 8.88. The summed E-state index contributed by atoms with van der Waals surface area (Å²) in [6.45, 7) is 6.33. The van der Waals surface area contributed by atoms with Crippen molar-refractivity contribution in [2.45, 2.75) is 32.6 Å². The average molecular weight is 276 g/mol. The first-order valence-electron chi connectivity index (χ1n) is 5.99. The first kappa shape index (κ1) is 13.7. The van der Waals surface area contributed by atoms with Crippen LogP contribution < -0.4 is 0 Å². The third-order valence-electron chi connectivity index (χ3n) is 2.80. The number of pyridine rings is 1. The molecule has 0 saturated heterocycles. The van der Waals surface area contributed by atoms with Crippen LogP contribution in [0.15, 0.2) is 23.8 Å². The van der Waals surface area contributed by atoms with E-state index in [9.17, 15) is 4.79 Å². The van der Waals surface area contributed by atoms with Crippen LogP contribution in [0.25, 0.3) is 0 Å². The molecule has 0 unspecified atom stereocenters. The number of nitrogens with zero attached hydrogens (tertiary/aromatic N) is 2. The van der Waals surface area contributed by atoms with Crippen LogP contribution in [0.2, 0.25) is 0 Å². The summed E-state index contributed by atoms with van der Waals surface area (Å²) in [7, 11) is 0. The lowest BCUT2D eigenvalue weighted by Gasteiger charge is -2.14. The van der Waals surface area contributed by atoms with Crippen molar-refractivity contribution in [3.63, 3.8) is 0 Å². The van der Waals surface area contributed by atoms with Crippen molar-refractivity contribution in [3.05, 3.63) is 45.7 Å². The SMILES string of the molecule is CC(C)(C)c1csc(Cc2cnccc2C(=O)O)n1. The van der Waals surface area contributed by atoms with Crippen LogP contribution in [-0.4, -0.2) is 21.0 Å². The molecule has 0 radical (unpaired) electrons. The summed E-state index contributed by atoms with van der Waals surface area (Å²) in [6.07, 6.45) is 3.60. The zero-order valence-electron chi connectivity index (χ0n) is 11.2. The van der Waals surface area contributed by atoms with E-state index in [1.165, 1.54) is 12.3 Å². The lowest BCUT2D eigenvalue weighted by Crippen LogP contribution is -2.11. The topological polar surface area (TPSA) is 63.1 Å². The Morgan fingerprint density at radius 3 is 2.74 bits per heavy atom. The van der Waals surface area contributed by atoms with Crippen molar-refractivity contribution in [1.82, 2.24) is 9.97 Å². The molecule has 100 valence electrons. The Balaban J connectivity index is 2.27. The summed E-state index contributed by atoms with van der Waals surface area (Å²) in [4.78, 5) is 19.7. The lowest BCUT2D eigenvalue weighted by atomic mass is 9.93. The molecule has 0 spiro atoms. The maximum absolute atomic E-state index is 11.1. The van der Waals surface area contributed by atoms with Gasteiger partial charge in [-0.25, -0.2) is 9.78 Å². The van der Waals surface area contributed by atoms with Crippen molar-refractivity contribution in [2.75, 3.05) is 0 Å². The van der Waals surface area contributed by atoms with E-state index in [0.717, 1.165) is 10.7 Å². The van der Waals surface area contributed by atoms with Crippen LogP contribution in [0.1, 0.15) is 47.4 Å². The Morgan fingerprint density at radius 2 is 2.16 bits per heavy atom. The highest BCUT2D eigenvalue weighted by Crippen LogP contribution is 2.25. The number of hydrogen-bond acceptors (Lipinski definition) is 4. The molecule has 19 heavy (non-hydrogen) atoms. The van der Waals surface area contributed by atoms with Crippen molar-refractivity contribution < 1.29 is 9.90 Å². The molecule has 0 aliphatic carbocycles. The molecule has 4 nitrogen and oxygen atoms in total. The Kier molecular flexibility index (Phi) is 3.66. The predicted octanol–water partition coefficient (Wildman–Crippen LogP) is 3.12. The second kappa shape index (κ2) is 5.09. The first-order valence-corrected chi connectivity index (χ1v) is 6.87. The van der Waals surface area contributed by atoms with Crippen LogP contribution >= 0.6 is 11.3 Å². The third-order valence-corrected chi connectivity index (χ3v) is 3.64. The summed E-state index contributed by atoms with van der Waals surface area (Å²) >= 11 is 1.56. The summed E-state index contributed by atoms with van der Waals surface area (Å²) in [5.41, 5.74) is 2.04. The van der Waals surface area contributed by atoms with Gasteiger partial charge in [-0.3, -0.25) is 4.98 Å². The van der Waals surface area contributed by atoms with Crippen molar-refractivity contribution in [3.8, 4) is 0 Å². The van der Waals surface area contributed by atoms with Gasteiger partial charge < -0.3 is 5.11 Å². The highest BCUT2D eigenvalue weighted by molar-refractivity contribution is 7.09. The zero-order chi connectivity index (χ0) is 14.0. The fourth-order valence-electron chi connectivity index (χ4n) is 1.68. The zero-order valence-corrected chi connectivity index (χ0v) is 12.0. The number of aromatic nitrogens is 2. The Hall–Kier alpha value is -1.75. The fraction of sp³-hybridized carbons (Fsp3) is 0.357. The van der Waals surface area contributed by atoms with E-state index in [1.54, 1.807) is 17.5 Å². The molecular weight excluding hydrogens is 260 g/mol. The van der Waals surface area contributed by atoms with E-state index in [2.05, 4.69) is 30.7 Å². The van der Waals surface area contributed by atoms with Crippen LogP contribution in [0.5, 0.6) is 0 Å². The van der Waals surface area contributed by atoms with E-state index in [1.807, 2.05) is 5.38 Å². The molecule has 0 saturated carbocycles. The fourth-order valence-corrected chi connectivity index (χ4v) is 2.72. The summed E-state index contributed by atoms with van der Waals surface area (Å²) < 4.78 is 0. The normalized spacial score (nSPS) is 11.5. The second-order valence-electron chi connectivity index (χ2n) is 5.39. The van der Waals surface area contributed by atoms with Gasteiger partial charge in [0.1, 0.15) is 0 Å². The minimum absolute atomic E-state index is 0.0132. The van der Waals surface area contributed by atoms with Crippen LogP contribution in [-0.2, 0) is 11.8 Å². The quantitative estimate of drug-likeness (QED) is 0.935. The molecule has 2 aromatic heterocycles. The van der Waals surface area contributed by atoms with Gasteiger partial charge in [-0.05, 0) is 11.6 Å². The smallest absolute Gasteiger partial charge is 0.336 e. The minimum Gasteiger partial charge on any atom is -0.478 e. The molecule has 0 amide bonds. The summed E-state index contributed by atoms with van der Waals surface area (Å²) in [5, 5.41) is 12.1. The maximum Gasteiger partial charge on any atom is 0.336 e. The number of aromatic carboxylic acids is 1. The van der Waals surface area contributed by atoms with Gasteiger partial charge in [0, 0.05) is 29.6 Å². The molecule has 0 fully saturated rings. The number of carbonyl (C=O) groups is 1. The monoisotopic (exact) mass is 276 g/mol. The molecular formula is C14H16N2O2S. The van der Waals surface area contributed by atoms with E-state index in [0.29, 0.717) is 17.5 Å². The number of carboxylic acid groups (broad SMARTS) is 1. The van der Waals surface area contributed by atoms with Crippen LogP contribution in [0.4, 0.5) is 0 Å². The van der Waals surface area contributed by atoms with E-state index >= 15 is 0 Å². The standard InChI is InChI=1S/C14H16N2O2S/c1-14(2,3)11-8-19-12(16-11)6-9-7-15-5-4-10(9)13(17)18/h4-5,7-8H,6H2,1-3H3,(H,17,18). The van der Waals surface area contributed by atoms with Gasteiger partial charge in [-0.15, -0.1) is 11.3 Å². The predicted molar refractivity (Wildman–Crippen MR) is 74.8 cm³/mol. The van der Waals surface area contributed by atoms with Gasteiger partial charge in [0.15, 0.2) is 0 Å². The van der Waals surface area contributed by atoms with Gasteiger partial charge in [-0.2, -0.15) is 0 Å². The van der Waals surface area contributed by atoms with Gasteiger partial charge in [0.25, 0.3) is 0 Å². The number of rotatable bonds is 3. The Bertz CT molecular complexity index is 599. The van der Waals surface area contributed by atoms with Crippen molar-refractivity contribution in [2.24, 2.45) is 0 Å². The molecule has 2 aromatic rings. The van der Waals surface area contributed by atoms with Crippen molar-refractivity contribution in [1.29, 1.82) is 0 Å². The molecule has 0 aromatic carbocycles. The Labute approximate surface area is 116 Å². The average Bonchev–Trinajstić information content (AvgIpc) is 2.77. The van der Waals surface area contributed by atoms with Crippen LogP contribution in [0.3, 0.4) is 0 Å². The highest BCUT2D eigenvalue weighted by Gasteiger charge is 2.18. The molecule has 0 atom stereocenters. The molecule has 0 aliphatic heterocycles. The third kappa shape index (κ3) is 3.17. The molecule has 5 heteroatoms. The maximum atomic E-state index is 11.1. The van der Waals surface area contributed by atoms with Crippen LogP contribution in [0, 0.1) is 0 Å². The molecule has 0 aliphatic rings. The van der Waals surface area contributed by atoms with Gasteiger partial charge in [0.05, 0.1) is 16.3 Å². The van der Waals surface area contributed by atoms with Gasteiger partial charge in [0.2, 0.25) is 0 Å². The van der Waals surface area contributed by atoms with Crippen molar-refractivity contribution >= 4 is 17.3 Å². The van der Waals surface area contributed by atoms with Gasteiger partial charge >= 0.3 is 5.97 Å². The number of thiazole rings is 1. The largest absolute Gasteiger partial charge is 0.478 e. The molecule has 2 heterocycles. The highest BCUT2D eigenvalue weighted by atomic mass is 32.1.